The lowest BCUT2D eigenvalue weighted by Crippen LogP contribution is -2.34. The number of carbonyl (C=O) groups is 2. The number of hydrogen-bond donors (Lipinski definition) is 1. The molecule has 0 atom stereocenters. The third-order valence-electron chi connectivity index (χ3n) is 2.76. The number of carbonyl (C=O) groups excluding carboxylic acids is 2. The van der Waals surface area contributed by atoms with Crippen LogP contribution < -0.4 is 0 Å². The van der Waals surface area contributed by atoms with Crippen molar-refractivity contribution in [1.82, 2.24) is 4.90 Å². The number of hydrogen-bond acceptors (Lipinski definition) is 4. The largest absolute Gasteiger partial charge is 0.469 e. The van der Waals surface area contributed by atoms with Crippen LogP contribution >= 0.6 is 0 Å². The van der Waals surface area contributed by atoms with Crippen LogP contribution in [0.1, 0.15) is 23.2 Å². The number of esters is 1. The number of methoxy groups -OCH3 is 1. The minimum atomic E-state index is -0.495. The first-order valence-corrected chi connectivity index (χ1v) is 6.31. The van der Waals surface area contributed by atoms with Gasteiger partial charge in [0, 0.05) is 25.3 Å². The molecule has 0 bridgehead atoms. The first kappa shape index (κ1) is 16.1. The van der Waals surface area contributed by atoms with E-state index in [1.165, 1.54) is 30.2 Å². The molecule has 0 aliphatic carbocycles. The van der Waals surface area contributed by atoms with Crippen molar-refractivity contribution in [3.05, 3.63) is 35.6 Å². The van der Waals surface area contributed by atoms with Gasteiger partial charge in [-0.15, -0.1) is 0 Å². The van der Waals surface area contributed by atoms with E-state index in [0.717, 1.165) is 6.07 Å². The molecule has 5 nitrogen and oxygen atoms in total. The molecule has 110 valence electrons. The van der Waals surface area contributed by atoms with Gasteiger partial charge in [-0.1, -0.05) is 6.07 Å². The maximum absolute atomic E-state index is 13.1. The van der Waals surface area contributed by atoms with Crippen molar-refractivity contribution in [3.63, 3.8) is 0 Å². The highest BCUT2D eigenvalue weighted by molar-refractivity contribution is 5.94. The zero-order valence-electron chi connectivity index (χ0n) is 11.3. The SMILES string of the molecule is COC(=O)CCN(CCCO)C(=O)c1cccc(F)c1. The highest BCUT2D eigenvalue weighted by atomic mass is 19.1. The van der Waals surface area contributed by atoms with E-state index in [2.05, 4.69) is 4.74 Å². The van der Waals surface area contributed by atoms with Gasteiger partial charge in [-0.05, 0) is 24.6 Å². The maximum atomic E-state index is 13.1. The van der Waals surface area contributed by atoms with E-state index in [1.54, 1.807) is 0 Å². The second-order valence-electron chi connectivity index (χ2n) is 4.21. The van der Waals surface area contributed by atoms with Crippen LogP contribution in [0.3, 0.4) is 0 Å². The molecule has 0 aliphatic heterocycles. The first-order chi connectivity index (χ1) is 9.58. The van der Waals surface area contributed by atoms with Crippen LogP contribution in [0.25, 0.3) is 0 Å². The van der Waals surface area contributed by atoms with Gasteiger partial charge >= 0.3 is 5.97 Å². The molecule has 1 aromatic rings. The van der Waals surface area contributed by atoms with Gasteiger partial charge in [0.1, 0.15) is 5.82 Å². The van der Waals surface area contributed by atoms with Crippen molar-refractivity contribution < 1.29 is 23.8 Å². The first-order valence-electron chi connectivity index (χ1n) is 6.31. The summed E-state index contributed by atoms with van der Waals surface area (Å²) in [5, 5.41) is 8.85. The van der Waals surface area contributed by atoms with Crippen LogP contribution in [0.2, 0.25) is 0 Å². The Morgan fingerprint density at radius 3 is 2.70 bits per heavy atom. The summed E-state index contributed by atoms with van der Waals surface area (Å²) in [5.41, 5.74) is 0.216. The van der Waals surface area contributed by atoms with E-state index in [9.17, 15) is 14.0 Å². The summed E-state index contributed by atoms with van der Waals surface area (Å²) < 4.78 is 17.7. The molecule has 0 aromatic heterocycles. The van der Waals surface area contributed by atoms with Gasteiger partial charge in [-0.3, -0.25) is 9.59 Å². The molecule has 0 unspecified atom stereocenters. The van der Waals surface area contributed by atoms with Gasteiger partial charge in [0.05, 0.1) is 13.5 Å². The minimum Gasteiger partial charge on any atom is -0.469 e. The maximum Gasteiger partial charge on any atom is 0.307 e. The lowest BCUT2D eigenvalue weighted by Gasteiger charge is -2.22. The van der Waals surface area contributed by atoms with Gasteiger partial charge in [-0.25, -0.2) is 4.39 Å². The average molecular weight is 283 g/mol. The quantitative estimate of drug-likeness (QED) is 0.764. The number of halogens is 1. The van der Waals surface area contributed by atoms with Crippen LogP contribution in [-0.4, -0.2) is 48.7 Å². The Kier molecular flexibility index (Phi) is 6.66. The highest BCUT2D eigenvalue weighted by Gasteiger charge is 2.17. The molecule has 20 heavy (non-hydrogen) atoms. The molecule has 6 heteroatoms. The van der Waals surface area contributed by atoms with E-state index in [0.29, 0.717) is 13.0 Å². The fraction of sp³-hybridized carbons (Fsp3) is 0.429. The monoisotopic (exact) mass is 283 g/mol. The van der Waals surface area contributed by atoms with Crippen molar-refractivity contribution >= 4 is 11.9 Å². The second kappa shape index (κ2) is 8.27. The molecule has 1 rings (SSSR count). The number of aliphatic hydroxyl groups excluding tert-OH is 1. The third kappa shape index (κ3) is 4.97. The molecule has 0 fully saturated rings. The fourth-order valence-corrected chi connectivity index (χ4v) is 1.71. The third-order valence-corrected chi connectivity index (χ3v) is 2.76. The van der Waals surface area contributed by atoms with Crippen molar-refractivity contribution in [2.24, 2.45) is 0 Å². The second-order valence-corrected chi connectivity index (χ2v) is 4.21. The molecule has 0 heterocycles. The van der Waals surface area contributed by atoms with E-state index in [4.69, 9.17) is 5.11 Å². The number of amides is 1. The van der Waals surface area contributed by atoms with Crippen LogP contribution in [-0.2, 0) is 9.53 Å². The van der Waals surface area contributed by atoms with Crippen molar-refractivity contribution in [2.45, 2.75) is 12.8 Å². The molecule has 0 aliphatic rings. The lowest BCUT2D eigenvalue weighted by atomic mass is 10.2. The Morgan fingerprint density at radius 2 is 2.10 bits per heavy atom. The number of aliphatic hydroxyl groups is 1. The Bertz CT molecular complexity index is 464. The summed E-state index contributed by atoms with van der Waals surface area (Å²) in [4.78, 5) is 24.8. The predicted octanol–water partition coefficient (Wildman–Crippen LogP) is 1.21. The Labute approximate surface area is 117 Å². The van der Waals surface area contributed by atoms with E-state index < -0.39 is 11.8 Å². The molecule has 0 saturated heterocycles. The summed E-state index contributed by atoms with van der Waals surface area (Å²) >= 11 is 0. The van der Waals surface area contributed by atoms with Crippen LogP contribution in [0.15, 0.2) is 24.3 Å². The highest BCUT2D eigenvalue weighted by Crippen LogP contribution is 2.09. The van der Waals surface area contributed by atoms with E-state index >= 15 is 0 Å². The van der Waals surface area contributed by atoms with Gasteiger partial charge in [-0.2, -0.15) is 0 Å². The van der Waals surface area contributed by atoms with Gasteiger partial charge in [0.25, 0.3) is 5.91 Å². The molecule has 1 N–H and O–H groups in total. The van der Waals surface area contributed by atoms with Crippen molar-refractivity contribution in [3.8, 4) is 0 Å². The van der Waals surface area contributed by atoms with E-state index in [-0.39, 0.29) is 31.0 Å². The molecule has 1 aromatic carbocycles. The van der Waals surface area contributed by atoms with Gasteiger partial charge in [0.15, 0.2) is 0 Å². The number of nitrogens with zero attached hydrogens (tertiary/aromatic N) is 1. The smallest absolute Gasteiger partial charge is 0.307 e. The van der Waals surface area contributed by atoms with Crippen molar-refractivity contribution in [2.75, 3.05) is 26.8 Å². The number of ether oxygens (including phenoxy) is 1. The Morgan fingerprint density at radius 1 is 1.35 bits per heavy atom. The lowest BCUT2D eigenvalue weighted by molar-refractivity contribution is -0.140. The minimum absolute atomic E-state index is 0.0585. The standard InChI is InChI=1S/C14H18FNO4/c1-20-13(18)6-8-16(7-3-9-17)14(19)11-4-2-5-12(15)10-11/h2,4-5,10,17H,3,6-9H2,1H3. The van der Waals surface area contributed by atoms with Gasteiger partial charge in [0.2, 0.25) is 0 Å². The van der Waals surface area contributed by atoms with E-state index in [1.807, 2.05) is 0 Å². The molecule has 0 radical (unpaired) electrons. The van der Waals surface area contributed by atoms with Crippen molar-refractivity contribution in [1.29, 1.82) is 0 Å². The predicted molar refractivity (Wildman–Crippen MR) is 70.6 cm³/mol. The molecule has 1 amide bonds. The topological polar surface area (TPSA) is 66.8 Å². The summed E-state index contributed by atoms with van der Waals surface area (Å²) in [6.45, 7) is 0.399. The van der Waals surface area contributed by atoms with Crippen LogP contribution in [0, 0.1) is 5.82 Å². The summed E-state index contributed by atoms with van der Waals surface area (Å²) in [6, 6.07) is 5.36. The summed E-state index contributed by atoms with van der Waals surface area (Å²) in [6.07, 6.45) is 0.450. The molecular formula is C14H18FNO4. The molecule has 0 saturated carbocycles. The normalized spacial score (nSPS) is 10.2. The Balaban J connectivity index is 2.75. The Hall–Kier alpha value is -1.95. The summed E-state index contributed by atoms with van der Waals surface area (Å²) in [5.74, 6) is -1.29. The van der Waals surface area contributed by atoms with Crippen LogP contribution in [0.5, 0.6) is 0 Å². The fourth-order valence-electron chi connectivity index (χ4n) is 1.71. The number of rotatable bonds is 7. The number of benzene rings is 1. The zero-order valence-corrected chi connectivity index (χ0v) is 11.3. The summed E-state index contributed by atoms with van der Waals surface area (Å²) in [7, 11) is 1.27. The average Bonchev–Trinajstić information content (AvgIpc) is 2.46. The van der Waals surface area contributed by atoms with Crippen LogP contribution in [0.4, 0.5) is 4.39 Å². The van der Waals surface area contributed by atoms with Gasteiger partial charge < -0.3 is 14.7 Å². The molecule has 0 spiro atoms. The zero-order chi connectivity index (χ0) is 15.0. The molecular weight excluding hydrogens is 265 g/mol.